The molecule has 0 saturated heterocycles. The monoisotopic (exact) mass is 398 g/mol. The molecule has 0 spiro atoms. The molecule has 7 nitrogen and oxygen atoms in total. The molecule has 0 aliphatic carbocycles. The van der Waals surface area contributed by atoms with Crippen LogP contribution >= 0.6 is 0 Å². The number of hydrogen-bond donors (Lipinski definition) is 2. The molecule has 0 saturated carbocycles. The molecular formula is C20H18N2O5S. The number of hydrogen-bond acceptors (Lipinski definition) is 5. The van der Waals surface area contributed by atoms with Gasteiger partial charge < -0.3 is 14.5 Å². The van der Waals surface area contributed by atoms with Crippen molar-refractivity contribution in [2.24, 2.45) is 0 Å². The van der Waals surface area contributed by atoms with Crippen LogP contribution in [0.5, 0.6) is 5.75 Å². The molecule has 8 heteroatoms. The van der Waals surface area contributed by atoms with E-state index < -0.39 is 16.1 Å². The molecule has 3 aromatic rings. The molecule has 28 heavy (non-hydrogen) atoms. The van der Waals surface area contributed by atoms with Crippen LogP contribution in [-0.2, 0) is 27.8 Å². The molecule has 1 aromatic heterocycles. The van der Waals surface area contributed by atoms with Crippen LogP contribution in [0.3, 0.4) is 0 Å². The van der Waals surface area contributed by atoms with Crippen molar-refractivity contribution in [2.45, 2.75) is 24.0 Å². The van der Waals surface area contributed by atoms with Crippen LogP contribution in [0.15, 0.2) is 76.2 Å². The zero-order valence-electron chi connectivity index (χ0n) is 14.8. The normalized spacial score (nSPS) is 15.6. The minimum Gasteiger partial charge on any atom is -0.480 e. The van der Waals surface area contributed by atoms with Crippen LogP contribution in [0.2, 0.25) is 0 Å². The first kappa shape index (κ1) is 18.3. The quantitative estimate of drug-likeness (QED) is 0.665. The smallest absolute Gasteiger partial charge is 0.265 e. The van der Waals surface area contributed by atoms with Crippen molar-refractivity contribution in [1.29, 1.82) is 0 Å². The lowest BCUT2D eigenvalue weighted by Gasteiger charge is -2.12. The Labute approximate surface area is 162 Å². The van der Waals surface area contributed by atoms with Gasteiger partial charge in [0.25, 0.3) is 5.91 Å². The maximum absolute atomic E-state index is 12.4. The second-order valence-electron chi connectivity index (χ2n) is 6.34. The highest BCUT2D eigenvalue weighted by Gasteiger charge is 2.28. The van der Waals surface area contributed by atoms with E-state index in [0.29, 0.717) is 23.6 Å². The van der Waals surface area contributed by atoms with Gasteiger partial charge in [0.1, 0.15) is 11.5 Å². The molecular weight excluding hydrogens is 380 g/mol. The van der Waals surface area contributed by atoms with E-state index in [1.165, 1.54) is 18.4 Å². The molecule has 1 amide bonds. The molecule has 0 radical (unpaired) electrons. The van der Waals surface area contributed by atoms with E-state index in [9.17, 15) is 13.2 Å². The lowest BCUT2D eigenvalue weighted by molar-refractivity contribution is -0.122. The zero-order valence-corrected chi connectivity index (χ0v) is 15.6. The molecule has 1 aliphatic rings. The summed E-state index contributed by atoms with van der Waals surface area (Å²) in [7, 11) is -3.68. The Bertz CT molecular complexity index is 1050. The van der Waals surface area contributed by atoms with Gasteiger partial charge in [-0.25, -0.2) is 13.1 Å². The van der Waals surface area contributed by atoms with Crippen LogP contribution in [0, 0.1) is 0 Å². The molecule has 4 rings (SSSR count). The van der Waals surface area contributed by atoms with Gasteiger partial charge in [0.15, 0.2) is 6.10 Å². The molecule has 2 N–H and O–H groups in total. The summed E-state index contributed by atoms with van der Waals surface area (Å²) in [6.45, 7) is 0.0629. The molecule has 0 fully saturated rings. The van der Waals surface area contributed by atoms with Crippen LogP contribution < -0.4 is 14.8 Å². The Morgan fingerprint density at radius 3 is 2.54 bits per heavy atom. The van der Waals surface area contributed by atoms with E-state index in [1.54, 1.807) is 24.3 Å². The Morgan fingerprint density at radius 1 is 1.04 bits per heavy atom. The second kappa shape index (κ2) is 7.49. The fourth-order valence-electron chi connectivity index (χ4n) is 2.93. The minimum atomic E-state index is -3.68. The molecule has 1 aliphatic heterocycles. The highest BCUT2D eigenvalue weighted by molar-refractivity contribution is 7.89. The molecule has 144 valence electrons. The number of nitrogens with one attached hydrogen (secondary N) is 2. The molecule has 0 unspecified atom stereocenters. The summed E-state index contributed by atoms with van der Waals surface area (Å²) in [6, 6.07) is 16.9. The minimum absolute atomic E-state index is 0.0629. The van der Waals surface area contributed by atoms with Crippen molar-refractivity contribution in [3.63, 3.8) is 0 Å². The summed E-state index contributed by atoms with van der Waals surface area (Å²) >= 11 is 0. The third kappa shape index (κ3) is 3.92. The van der Waals surface area contributed by atoms with Crippen molar-refractivity contribution in [3.8, 4) is 5.75 Å². The first-order valence-corrected chi connectivity index (χ1v) is 10.2. The van der Waals surface area contributed by atoms with Crippen molar-refractivity contribution in [3.05, 3.63) is 78.3 Å². The predicted molar refractivity (Wildman–Crippen MR) is 102 cm³/mol. The van der Waals surface area contributed by atoms with Crippen molar-refractivity contribution in [1.82, 2.24) is 4.72 Å². The largest absolute Gasteiger partial charge is 0.480 e. The van der Waals surface area contributed by atoms with E-state index in [0.717, 1.165) is 5.56 Å². The van der Waals surface area contributed by atoms with Gasteiger partial charge in [-0.2, -0.15) is 0 Å². The van der Waals surface area contributed by atoms with Gasteiger partial charge in [0, 0.05) is 12.1 Å². The van der Waals surface area contributed by atoms with Crippen molar-refractivity contribution in [2.75, 3.05) is 5.32 Å². The van der Waals surface area contributed by atoms with Crippen molar-refractivity contribution >= 4 is 21.6 Å². The van der Waals surface area contributed by atoms with Crippen LogP contribution in [0.25, 0.3) is 0 Å². The van der Waals surface area contributed by atoms with Gasteiger partial charge in [-0.1, -0.05) is 18.2 Å². The van der Waals surface area contributed by atoms with Gasteiger partial charge in [-0.3, -0.25) is 4.79 Å². The van der Waals surface area contributed by atoms with Crippen LogP contribution in [-0.4, -0.2) is 20.4 Å². The Balaban J connectivity index is 1.37. The summed E-state index contributed by atoms with van der Waals surface area (Å²) in [5.74, 6) is 0.958. The number of carbonyl (C=O) groups excluding carboxylic acids is 1. The number of carbonyl (C=O) groups is 1. The number of fused-ring (bicyclic) bond motifs is 1. The van der Waals surface area contributed by atoms with Gasteiger partial charge in [0.2, 0.25) is 10.0 Å². The molecule has 2 aromatic carbocycles. The van der Waals surface area contributed by atoms with Crippen LogP contribution in [0.4, 0.5) is 5.69 Å². The Hall–Kier alpha value is -3.10. The number of ether oxygens (including phenoxy) is 1. The number of amides is 1. The third-order valence-corrected chi connectivity index (χ3v) is 5.81. The first-order chi connectivity index (χ1) is 13.5. The van der Waals surface area contributed by atoms with E-state index in [-0.39, 0.29) is 17.3 Å². The maximum Gasteiger partial charge on any atom is 0.265 e. The molecule has 1 atom stereocenters. The summed E-state index contributed by atoms with van der Waals surface area (Å²) < 4.78 is 37.9. The zero-order chi connectivity index (χ0) is 19.6. The molecule has 0 bridgehead atoms. The summed E-state index contributed by atoms with van der Waals surface area (Å²) in [6.07, 6.45) is 1.38. The average molecular weight is 398 g/mol. The summed E-state index contributed by atoms with van der Waals surface area (Å²) in [5.41, 5.74) is 1.49. The van der Waals surface area contributed by atoms with Crippen LogP contribution in [0.1, 0.15) is 11.3 Å². The summed E-state index contributed by atoms with van der Waals surface area (Å²) in [5, 5.41) is 2.76. The van der Waals surface area contributed by atoms with Gasteiger partial charge >= 0.3 is 0 Å². The average Bonchev–Trinajstić information content (AvgIpc) is 3.36. The topological polar surface area (TPSA) is 97.6 Å². The number of rotatable bonds is 6. The number of benzene rings is 2. The van der Waals surface area contributed by atoms with E-state index in [4.69, 9.17) is 9.15 Å². The highest BCUT2D eigenvalue weighted by Crippen LogP contribution is 2.28. The molecule has 2 heterocycles. The lowest BCUT2D eigenvalue weighted by Crippen LogP contribution is -2.31. The standard InChI is InChI=1S/C20H18N2O5S/c23-20(19-12-14-4-1-2-6-18(14)27-19)22-15-7-9-17(10-8-15)28(24,25)21-13-16-5-3-11-26-16/h1-11,19,21H,12-13H2,(H,22,23)/t19-/m0/s1. The SMILES string of the molecule is O=C(Nc1ccc(S(=O)(=O)NCc2ccco2)cc1)[C@@H]1Cc2ccccc2O1. The predicted octanol–water partition coefficient (Wildman–Crippen LogP) is 2.70. The Kier molecular flexibility index (Phi) is 4.89. The number of sulfonamides is 1. The number of furan rings is 1. The van der Waals surface area contributed by atoms with Crippen molar-refractivity contribution < 1.29 is 22.4 Å². The highest BCUT2D eigenvalue weighted by atomic mass is 32.2. The van der Waals surface area contributed by atoms with E-state index in [2.05, 4.69) is 10.0 Å². The first-order valence-electron chi connectivity index (χ1n) is 8.69. The van der Waals surface area contributed by atoms with E-state index in [1.807, 2.05) is 24.3 Å². The Morgan fingerprint density at radius 2 is 1.82 bits per heavy atom. The lowest BCUT2D eigenvalue weighted by atomic mass is 10.1. The maximum atomic E-state index is 12.4. The van der Waals surface area contributed by atoms with Gasteiger partial charge in [-0.15, -0.1) is 0 Å². The fourth-order valence-corrected chi connectivity index (χ4v) is 3.92. The van der Waals surface area contributed by atoms with Gasteiger partial charge in [-0.05, 0) is 48.0 Å². The fraction of sp³-hybridized carbons (Fsp3) is 0.150. The number of para-hydroxylation sites is 1. The third-order valence-electron chi connectivity index (χ3n) is 4.39. The number of anilines is 1. The summed E-state index contributed by atoms with van der Waals surface area (Å²) in [4.78, 5) is 12.5. The van der Waals surface area contributed by atoms with Gasteiger partial charge in [0.05, 0.1) is 17.7 Å². The second-order valence-corrected chi connectivity index (χ2v) is 8.10. The van der Waals surface area contributed by atoms with E-state index >= 15 is 0 Å².